The lowest BCUT2D eigenvalue weighted by Gasteiger charge is -2.35. The Hall–Kier alpha value is -0.780. The van der Waals surface area contributed by atoms with E-state index in [2.05, 4.69) is 20.9 Å². The minimum absolute atomic E-state index is 0.303. The number of pyridine rings is 1. The number of halogens is 4. The Kier molecular flexibility index (Phi) is 5.29. The Labute approximate surface area is 125 Å². The summed E-state index contributed by atoms with van der Waals surface area (Å²) in [7, 11) is 0. The van der Waals surface area contributed by atoms with Gasteiger partial charge in [0, 0.05) is 24.1 Å². The summed E-state index contributed by atoms with van der Waals surface area (Å²) in [4.78, 5) is 6.17. The van der Waals surface area contributed by atoms with Crippen molar-refractivity contribution in [3.63, 3.8) is 0 Å². The van der Waals surface area contributed by atoms with Gasteiger partial charge in [0.15, 0.2) is 0 Å². The van der Waals surface area contributed by atoms with Gasteiger partial charge in [-0.05, 0) is 25.0 Å². The highest BCUT2D eigenvalue weighted by Crippen LogP contribution is 2.32. The smallest absolute Gasteiger partial charge is 0.353 e. The van der Waals surface area contributed by atoms with E-state index in [-0.39, 0.29) is 0 Å². The molecule has 1 saturated carbocycles. The maximum atomic E-state index is 12.8. The molecule has 1 aliphatic rings. The first kappa shape index (κ1) is 15.6. The van der Waals surface area contributed by atoms with Crippen molar-refractivity contribution < 1.29 is 13.2 Å². The molecular weight excluding hydrogens is 333 g/mol. The number of alkyl halides is 4. The van der Waals surface area contributed by atoms with Crippen molar-refractivity contribution in [3.05, 3.63) is 23.9 Å². The summed E-state index contributed by atoms with van der Waals surface area (Å²) in [5, 5.41) is 0.724. The molecular formula is C14H18BrF3N2. The standard InChI is InChI=1S/C14H18BrF3N2/c15-7-9-20(12-4-2-1-3-5-12)13-10-11(6-8-19-13)14(16,17)18/h6,8,10,12H,1-5,7,9H2. The van der Waals surface area contributed by atoms with E-state index >= 15 is 0 Å². The first-order chi connectivity index (χ1) is 9.52. The van der Waals surface area contributed by atoms with Crippen LogP contribution in [0.2, 0.25) is 0 Å². The van der Waals surface area contributed by atoms with Crippen LogP contribution in [0, 0.1) is 0 Å². The second kappa shape index (κ2) is 6.78. The van der Waals surface area contributed by atoms with Gasteiger partial charge in [-0.1, -0.05) is 35.2 Å². The molecule has 1 heterocycles. The van der Waals surface area contributed by atoms with Crippen molar-refractivity contribution in [2.75, 3.05) is 16.8 Å². The lowest BCUT2D eigenvalue weighted by Crippen LogP contribution is -2.38. The molecule has 1 aromatic rings. The Bertz CT molecular complexity index is 431. The molecule has 20 heavy (non-hydrogen) atoms. The summed E-state index contributed by atoms with van der Waals surface area (Å²) < 4.78 is 38.4. The van der Waals surface area contributed by atoms with Crippen LogP contribution in [0.3, 0.4) is 0 Å². The van der Waals surface area contributed by atoms with Gasteiger partial charge in [-0.25, -0.2) is 4.98 Å². The van der Waals surface area contributed by atoms with E-state index in [0.717, 1.165) is 43.1 Å². The number of anilines is 1. The monoisotopic (exact) mass is 350 g/mol. The molecule has 1 aromatic heterocycles. The third kappa shape index (κ3) is 3.87. The molecule has 112 valence electrons. The third-order valence-corrected chi connectivity index (χ3v) is 4.06. The lowest BCUT2D eigenvalue weighted by molar-refractivity contribution is -0.137. The Morgan fingerprint density at radius 2 is 1.95 bits per heavy atom. The number of nitrogens with zero attached hydrogens (tertiary/aromatic N) is 2. The van der Waals surface area contributed by atoms with E-state index in [1.54, 1.807) is 0 Å². The zero-order valence-corrected chi connectivity index (χ0v) is 12.8. The van der Waals surface area contributed by atoms with Crippen LogP contribution >= 0.6 is 15.9 Å². The zero-order valence-electron chi connectivity index (χ0n) is 11.2. The second-order valence-corrected chi connectivity index (χ2v) is 5.87. The van der Waals surface area contributed by atoms with Crippen LogP contribution < -0.4 is 4.90 Å². The van der Waals surface area contributed by atoms with Gasteiger partial charge < -0.3 is 4.90 Å². The molecule has 0 aliphatic heterocycles. The van der Waals surface area contributed by atoms with Crippen LogP contribution in [0.25, 0.3) is 0 Å². The molecule has 1 fully saturated rings. The summed E-state index contributed by atoms with van der Waals surface area (Å²) in [6.45, 7) is 0.680. The fourth-order valence-electron chi connectivity index (χ4n) is 2.72. The molecule has 6 heteroatoms. The molecule has 1 aliphatic carbocycles. The molecule has 0 amide bonds. The van der Waals surface area contributed by atoms with Gasteiger partial charge in [0.2, 0.25) is 0 Å². The molecule has 0 atom stereocenters. The first-order valence-electron chi connectivity index (χ1n) is 6.88. The van der Waals surface area contributed by atoms with Crippen molar-refractivity contribution in [2.24, 2.45) is 0 Å². The molecule has 0 bridgehead atoms. The first-order valence-corrected chi connectivity index (χ1v) is 8.00. The summed E-state index contributed by atoms with van der Waals surface area (Å²) >= 11 is 3.38. The van der Waals surface area contributed by atoms with Crippen LogP contribution in [0.1, 0.15) is 37.7 Å². The van der Waals surface area contributed by atoms with Gasteiger partial charge in [-0.2, -0.15) is 13.2 Å². The SMILES string of the molecule is FC(F)(F)c1ccnc(N(CCBr)C2CCCCC2)c1. The second-order valence-electron chi connectivity index (χ2n) is 5.07. The molecule has 0 N–H and O–H groups in total. The quantitative estimate of drug-likeness (QED) is 0.735. The minimum Gasteiger partial charge on any atom is -0.353 e. The number of hydrogen-bond acceptors (Lipinski definition) is 2. The minimum atomic E-state index is -4.32. The van der Waals surface area contributed by atoms with E-state index in [0.29, 0.717) is 18.4 Å². The highest BCUT2D eigenvalue weighted by Gasteiger charge is 2.32. The van der Waals surface area contributed by atoms with Crippen molar-refractivity contribution in [1.82, 2.24) is 4.98 Å². The summed E-state index contributed by atoms with van der Waals surface area (Å²) in [5.74, 6) is 0.436. The highest BCUT2D eigenvalue weighted by atomic mass is 79.9. The molecule has 2 rings (SSSR count). The number of aromatic nitrogens is 1. The fourth-order valence-corrected chi connectivity index (χ4v) is 3.10. The topological polar surface area (TPSA) is 16.1 Å². The van der Waals surface area contributed by atoms with Gasteiger partial charge in [0.1, 0.15) is 5.82 Å². The zero-order chi connectivity index (χ0) is 14.6. The van der Waals surface area contributed by atoms with Crippen LogP contribution in [-0.4, -0.2) is 22.9 Å². The van der Waals surface area contributed by atoms with E-state index < -0.39 is 11.7 Å². The average molecular weight is 351 g/mol. The molecule has 0 unspecified atom stereocenters. The van der Waals surface area contributed by atoms with Crippen molar-refractivity contribution in [1.29, 1.82) is 0 Å². The molecule has 0 radical (unpaired) electrons. The summed E-state index contributed by atoms with van der Waals surface area (Å²) in [6.07, 6.45) is 2.50. The number of hydrogen-bond donors (Lipinski definition) is 0. The van der Waals surface area contributed by atoms with Crippen molar-refractivity contribution in [3.8, 4) is 0 Å². The van der Waals surface area contributed by atoms with Gasteiger partial charge in [0.25, 0.3) is 0 Å². The Balaban J connectivity index is 2.24. The predicted molar refractivity (Wildman–Crippen MR) is 77.3 cm³/mol. The third-order valence-electron chi connectivity index (χ3n) is 3.71. The van der Waals surface area contributed by atoms with Crippen molar-refractivity contribution in [2.45, 2.75) is 44.3 Å². The lowest BCUT2D eigenvalue weighted by atomic mass is 9.94. The Morgan fingerprint density at radius 1 is 1.25 bits per heavy atom. The normalized spacial score (nSPS) is 17.2. The largest absolute Gasteiger partial charge is 0.416 e. The average Bonchev–Trinajstić information content (AvgIpc) is 2.45. The van der Waals surface area contributed by atoms with Gasteiger partial charge in [-0.3, -0.25) is 0 Å². The molecule has 2 nitrogen and oxygen atoms in total. The predicted octanol–water partition coefficient (Wildman–Crippen LogP) is 4.63. The maximum absolute atomic E-state index is 12.8. The van der Waals surface area contributed by atoms with Gasteiger partial charge >= 0.3 is 6.18 Å². The van der Waals surface area contributed by atoms with E-state index in [4.69, 9.17) is 0 Å². The highest BCUT2D eigenvalue weighted by molar-refractivity contribution is 9.09. The van der Waals surface area contributed by atoms with E-state index in [1.165, 1.54) is 12.6 Å². The van der Waals surface area contributed by atoms with Crippen molar-refractivity contribution >= 4 is 21.7 Å². The van der Waals surface area contributed by atoms with Crippen LogP contribution in [-0.2, 0) is 6.18 Å². The Morgan fingerprint density at radius 3 is 2.55 bits per heavy atom. The van der Waals surface area contributed by atoms with Gasteiger partial charge in [-0.15, -0.1) is 0 Å². The molecule has 0 aromatic carbocycles. The van der Waals surface area contributed by atoms with Crippen LogP contribution in [0.4, 0.5) is 19.0 Å². The number of rotatable bonds is 4. The summed E-state index contributed by atoms with van der Waals surface area (Å²) in [5.41, 5.74) is -0.627. The van der Waals surface area contributed by atoms with Crippen LogP contribution in [0.15, 0.2) is 18.3 Å². The maximum Gasteiger partial charge on any atom is 0.416 e. The van der Waals surface area contributed by atoms with E-state index in [9.17, 15) is 13.2 Å². The molecule has 0 saturated heterocycles. The van der Waals surface area contributed by atoms with E-state index in [1.807, 2.05) is 4.90 Å². The molecule has 0 spiro atoms. The summed E-state index contributed by atoms with van der Waals surface area (Å²) in [6, 6.07) is 2.49. The van der Waals surface area contributed by atoms with Crippen LogP contribution in [0.5, 0.6) is 0 Å². The van der Waals surface area contributed by atoms with Gasteiger partial charge in [0.05, 0.1) is 5.56 Å². The fraction of sp³-hybridized carbons (Fsp3) is 0.643.